The number of imide groups is 1. The summed E-state index contributed by atoms with van der Waals surface area (Å²) in [7, 11) is 0. The van der Waals surface area contributed by atoms with Crippen LogP contribution < -0.4 is 32.3 Å². The van der Waals surface area contributed by atoms with Gasteiger partial charge < -0.3 is 57.9 Å². The molecule has 25 heteroatoms. The first-order valence-corrected chi connectivity index (χ1v) is 18.2. The van der Waals surface area contributed by atoms with Gasteiger partial charge in [-0.15, -0.1) is 11.8 Å². The molecule has 0 radical (unpaired) electrons. The topological polar surface area (TPSA) is 361 Å². The summed E-state index contributed by atoms with van der Waals surface area (Å²) >= 11 is 9.66. The zero-order valence-electron chi connectivity index (χ0n) is 28.6. The van der Waals surface area contributed by atoms with E-state index in [1.165, 1.54) is 0 Å². The molecule has 0 bridgehead atoms. The first-order chi connectivity index (χ1) is 25.3. The van der Waals surface area contributed by atoms with E-state index in [0.717, 1.165) is 16.7 Å². The largest absolute Gasteiger partial charge is 0.481 e. The number of thiol groups is 1. The molecule has 0 aromatic carbocycles. The van der Waals surface area contributed by atoms with Crippen molar-refractivity contribution in [1.29, 1.82) is 0 Å². The Morgan fingerprint density at radius 1 is 0.796 bits per heavy atom. The molecule has 0 saturated carbocycles. The number of carbonyl (C=O) groups is 10. The van der Waals surface area contributed by atoms with Crippen LogP contribution in [0.2, 0.25) is 0 Å². The van der Waals surface area contributed by atoms with Gasteiger partial charge in [-0.3, -0.25) is 38.5 Å². The molecule has 1 unspecified atom stereocenters. The number of nitrogens with two attached hydrogens (primary N) is 1. The molecule has 1 rings (SSSR count). The normalized spacial score (nSPS) is 16.6. The van der Waals surface area contributed by atoms with Crippen molar-refractivity contribution in [1.82, 2.24) is 31.5 Å². The maximum Gasteiger partial charge on any atom is 0.327 e. The average molecular weight is 826 g/mol. The van der Waals surface area contributed by atoms with Crippen LogP contribution in [0.1, 0.15) is 51.4 Å². The van der Waals surface area contributed by atoms with Crippen molar-refractivity contribution in [2.75, 3.05) is 24.6 Å². The fraction of sp³-hybridized carbons (Fsp3) is 0.621. The number of carboxylic acid groups (broad SMARTS) is 5. The number of unbranched alkanes of at least 4 members (excludes halogenated alkanes) is 2. The highest BCUT2D eigenvalue weighted by Gasteiger charge is 2.39. The van der Waals surface area contributed by atoms with Crippen molar-refractivity contribution in [3.05, 3.63) is 0 Å². The lowest BCUT2D eigenvalue weighted by Crippen LogP contribution is -2.57. The highest BCUT2D eigenvalue weighted by molar-refractivity contribution is 8.00. The van der Waals surface area contributed by atoms with Crippen LogP contribution in [0.25, 0.3) is 0 Å². The van der Waals surface area contributed by atoms with E-state index in [1.807, 2.05) is 0 Å². The van der Waals surface area contributed by atoms with Gasteiger partial charge in [-0.25, -0.2) is 14.4 Å². The number of hydrogen-bond donors (Lipinski definition) is 12. The molecule has 1 saturated heterocycles. The van der Waals surface area contributed by atoms with Crippen molar-refractivity contribution in [3.63, 3.8) is 0 Å². The fourth-order valence-corrected chi connectivity index (χ4v) is 6.26. The van der Waals surface area contributed by atoms with Gasteiger partial charge >= 0.3 is 29.8 Å². The number of rotatable bonds is 26. The summed E-state index contributed by atoms with van der Waals surface area (Å²) in [6.45, 7) is -0.346. The van der Waals surface area contributed by atoms with Gasteiger partial charge in [0.25, 0.3) is 0 Å². The number of carbonyl (C=O) groups excluding carboxylic acids is 5. The molecular formula is C29H43N7O15S3. The lowest BCUT2D eigenvalue weighted by atomic mass is 10.1. The summed E-state index contributed by atoms with van der Waals surface area (Å²) in [5, 5.41) is 55.9. The van der Waals surface area contributed by atoms with Crippen LogP contribution in [0.5, 0.6) is 0 Å². The summed E-state index contributed by atoms with van der Waals surface area (Å²) in [4.78, 5) is 120. The zero-order chi connectivity index (χ0) is 41.1. The minimum Gasteiger partial charge on any atom is -0.481 e. The number of thiocarbonyl (C=S) groups is 1. The van der Waals surface area contributed by atoms with Gasteiger partial charge in [-0.05, 0) is 31.5 Å². The van der Waals surface area contributed by atoms with Crippen LogP contribution in [-0.2, 0) is 47.9 Å². The number of nitrogens with zero attached hydrogens (tertiary/aromatic N) is 1. The van der Waals surface area contributed by atoms with E-state index in [0.29, 0.717) is 19.3 Å². The van der Waals surface area contributed by atoms with Gasteiger partial charge in [-0.1, -0.05) is 6.42 Å². The second kappa shape index (κ2) is 23.8. The second-order valence-corrected chi connectivity index (χ2v) is 13.7. The molecule has 1 aliphatic heterocycles. The number of hydrogen-bond acceptors (Lipinski definition) is 14. The summed E-state index contributed by atoms with van der Waals surface area (Å²) in [5.41, 5.74) is 5.76. The van der Waals surface area contributed by atoms with Crippen LogP contribution in [0.3, 0.4) is 0 Å². The molecule has 0 spiro atoms. The maximum atomic E-state index is 12.9. The Morgan fingerprint density at radius 2 is 1.39 bits per heavy atom. The number of nitrogens with one attached hydrogen (secondary N) is 5. The Kier molecular flexibility index (Phi) is 20.9. The SMILES string of the molecule is N[C@@H](CNC(=O)CCCCCN1C(=O)CC(SC[C@H](NC(=S)N[C@@H](CCC(=O)O)C(=O)O)C(=O)O)C1=O)C(=O)N[C@@H](CC(=O)O)C(=O)N[C@@H](CS)C(=O)O. The van der Waals surface area contributed by atoms with Gasteiger partial charge in [0.2, 0.25) is 29.5 Å². The Morgan fingerprint density at radius 3 is 1.94 bits per heavy atom. The van der Waals surface area contributed by atoms with Crippen LogP contribution in [0.15, 0.2) is 0 Å². The second-order valence-electron chi connectivity index (χ2n) is 11.7. The first-order valence-electron chi connectivity index (χ1n) is 16.2. The third-order valence-corrected chi connectivity index (χ3v) is 9.37. The molecule has 1 aliphatic rings. The van der Waals surface area contributed by atoms with Crippen LogP contribution >= 0.6 is 36.6 Å². The van der Waals surface area contributed by atoms with Crippen molar-refractivity contribution >= 4 is 101 Å². The standard InChI is InChI=1S/C29H43N7O15S3/c30-13(23(43)32-15(8-22(41)42)24(44)33-16(11-52)27(48)49)10-31-19(37)4-2-1-3-7-36-20(38)9-18(25(36)45)54-12-17(28(50)51)35-29(53)34-14(26(46)47)5-6-21(39)40/h13-18,52H,1-12,30H2,(H,31,37)(H,32,43)(H,33,44)(H,39,40)(H,41,42)(H,46,47)(H,48,49)(H,50,51)(H2,34,35,53)/t13-,14-,15-,16-,17-,18?/m0/s1. The average Bonchev–Trinajstić information content (AvgIpc) is 3.35. The quantitative estimate of drug-likeness (QED) is 0.0175. The first kappa shape index (κ1) is 47.3. The number of aliphatic carboxylic acids is 5. The predicted molar refractivity (Wildman–Crippen MR) is 193 cm³/mol. The molecule has 0 aromatic heterocycles. The molecule has 0 aliphatic carbocycles. The van der Waals surface area contributed by atoms with E-state index in [9.17, 15) is 58.2 Å². The highest BCUT2D eigenvalue weighted by Crippen LogP contribution is 2.26. The number of amides is 5. The summed E-state index contributed by atoms with van der Waals surface area (Å²) < 4.78 is 0. The Bertz CT molecular complexity index is 1450. The molecule has 1 heterocycles. The van der Waals surface area contributed by atoms with Crippen molar-refractivity contribution in [2.24, 2.45) is 5.73 Å². The van der Waals surface area contributed by atoms with E-state index in [2.05, 4.69) is 39.2 Å². The zero-order valence-corrected chi connectivity index (χ0v) is 31.1. The van der Waals surface area contributed by atoms with E-state index < -0.39 is 108 Å². The number of likely N-dealkylation sites (tertiary alicyclic amines) is 1. The van der Waals surface area contributed by atoms with E-state index in [4.69, 9.17) is 33.3 Å². The Hall–Kier alpha value is -4.75. The van der Waals surface area contributed by atoms with Gasteiger partial charge in [0, 0.05) is 43.9 Å². The van der Waals surface area contributed by atoms with Crippen LogP contribution in [0.4, 0.5) is 0 Å². The molecule has 302 valence electrons. The summed E-state index contributed by atoms with van der Waals surface area (Å²) in [6.07, 6.45) is -0.833. The minimum atomic E-state index is -1.66. The van der Waals surface area contributed by atoms with Crippen molar-refractivity contribution in [3.8, 4) is 0 Å². The molecule has 54 heavy (non-hydrogen) atoms. The maximum absolute atomic E-state index is 12.9. The van der Waals surface area contributed by atoms with E-state index in [-0.39, 0.29) is 49.0 Å². The van der Waals surface area contributed by atoms with Gasteiger partial charge in [0.15, 0.2) is 5.11 Å². The van der Waals surface area contributed by atoms with Crippen LogP contribution in [-0.4, -0.2) is 155 Å². The Balaban J connectivity index is 2.50. The number of thioether (sulfide) groups is 1. The molecule has 5 amide bonds. The summed E-state index contributed by atoms with van der Waals surface area (Å²) in [6, 6.07) is -7.28. The minimum absolute atomic E-state index is 0.0217. The summed E-state index contributed by atoms with van der Waals surface area (Å²) in [5.74, 6) is -11.0. The number of carboxylic acids is 5. The molecule has 22 nitrogen and oxygen atoms in total. The monoisotopic (exact) mass is 825 g/mol. The predicted octanol–water partition coefficient (Wildman–Crippen LogP) is -3.45. The van der Waals surface area contributed by atoms with E-state index >= 15 is 0 Å². The van der Waals surface area contributed by atoms with Crippen molar-refractivity contribution in [2.45, 2.75) is 86.8 Å². The molecule has 1 fully saturated rings. The Labute approximate surface area is 322 Å². The smallest absolute Gasteiger partial charge is 0.327 e. The van der Waals surface area contributed by atoms with Crippen molar-refractivity contribution < 1.29 is 73.5 Å². The lowest BCUT2D eigenvalue weighted by Gasteiger charge is -2.21. The molecule has 6 atom stereocenters. The molecule has 12 N–H and O–H groups in total. The van der Waals surface area contributed by atoms with Gasteiger partial charge in [0.05, 0.1) is 11.7 Å². The fourth-order valence-electron chi connectivity index (χ4n) is 4.55. The van der Waals surface area contributed by atoms with E-state index in [1.54, 1.807) is 0 Å². The highest BCUT2D eigenvalue weighted by atomic mass is 32.2. The molecular weight excluding hydrogens is 783 g/mol. The molecule has 0 aromatic rings. The van der Waals surface area contributed by atoms with Gasteiger partial charge in [0.1, 0.15) is 30.2 Å². The van der Waals surface area contributed by atoms with Gasteiger partial charge in [-0.2, -0.15) is 12.6 Å². The third-order valence-electron chi connectivity index (χ3n) is 7.47. The lowest BCUT2D eigenvalue weighted by molar-refractivity contribution is -0.143. The third kappa shape index (κ3) is 17.4. The van der Waals surface area contributed by atoms with Crippen LogP contribution in [0, 0.1) is 0 Å².